The Morgan fingerprint density at radius 2 is 1.58 bits per heavy atom. The van der Waals surface area contributed by atoms with Gasteiger partial charge in [0, 0.05) is 11.1 Å². The molecule has 3 aromatic carbocycles. The Hall–Kier alpha value is -4.33. The Balaban J connectivity index is 1.51. The smallest absolute Gasteiger partial charge is 0.317 e. The summed E-state index contributed by atoms with van der Waals surface area (Å²) in [6.45, 7) is 0. The average Bonchev–Trinajstić information content (AvgIpc) is 3.21. The molecule has 1 aromatic heterocycles. The highest BCUT2D eigenvalue weighted by atomic mass is 19.1. The van der Waals surface area contributed by atoms with Crippen molar-refractivity contribution in [2.75, 3.05) is 10.6 Å². The molecule has 2 heterocycles. The summed E-state index contributed by atoms with van der Waals surface area (Å²) in [6.07, 6.45) is -1.03. The Bertz CT molecular complexity index is 1290. The number of aromatic nitrogens is 2. The number of para-hydroxylation sites is 1. The molecule has 1 aliphatic heterocycles. The molecular weight excluding hydrogens is 397 g/mol. The third kappa shape index (κ3) is 3.66. The summed E-state index contributed by atoms with van der Waals surface area (Å²) in [5.41, 5.74) is 3.12. The maximum Gasteiger partial charge on any atom is 0.317 e. The number of hydrogen-bond acceptors (Lipinski definition) is 6. The van der Waals surface area contributed by atoms with Crippen molar-refractivity contribution in [1.29, 1.82) is 0 Å². The highest BCUT2D eigenvalue weighted by Gasteiger charge is 2.27. The van der Waals surface area contributed by atoms with E-state index in [0.29, 0.717) is 11.4 Å². The fraction of sp³-hybridized carbons (Fsp3) is 0.0435. The molecule has 152 valence electrons. The summed E-state index contributed by atoms with van der Waals surface area (Å²) >= 11 is 0. The van der Waals surface area contributed by atoms with Crippen LogP contribution in [-0.2, 0) is 4.79 Å². The van der Waals surface area contributed by atoms with E-state index in [9.17, 15) is 9.18 Å². The maximum atomic E-state index is 14.0. The maximum absolute atomic E-state index is 14.0. The molecule has 0 saturated heterocycles. The number of carbonyl (C=O) groups is 1. The van der Waals surface area contributed by atoms with E-state index >= 15 is 0 Å². The van der Waals surface area contributed by atoms with Crippen LogP contribution in [0.5, 0.6) is 0 Å². The summed E-state index contributed by atoms with van der Waals surface area (Å²) in [6, 6.07) is 23.0. The zero-order valence-corrected chi connectivity index (χ0v) is 16.1. The molecule has 1 atom stereocenters. The van der Waals surface area contributed by atoms with Gasteiger partial charge in [-0.1, -0.05) is 65.8 Å². The quantitative estimate of drug-likeness (QED) is 0.525. The van der Waals surface area contributed by atoms with Crippen LogP contribution in [0.4, 0.5) is 16.1 Å². The first-order valence-electron chi connectivity index (χ1n) is 9.57. The number of hydrogen-bond donors (Lipinski definition) is 2. The number of anilines is 2. The van der Waals surface area contributed by atoms with Gasteiger partial charge in [0.2, 0.25) is 6.17 Å². The van der Waals surface area contributed by atoms with Gasteiger partial charge in [0.15, 0.2) is 0 Å². The van der Waals surface area contributed by atoms with E-state index in [2.05, 4.69) is 25.8 Å². The van der Waals surface area contributed by atoms with E-state index in [1.807, 2.05) is 54.6 Å². The Labute approximate surface area is 176 Å². The monoisotopic (exact) mass is 413 g/mol. The molecule has 4 aromatic rings. The van der Waals surface area contributed by atoms with Gasteiger partial charge in [-0.05, 0) is 18.2 Å². The molecule has 1 amide bonds. The lowest BCUT2D eigenvalue weighted by atomic mass is 10.0. The molecule has 2 N–H and O–H groups in total. The lowest BCUT2D eigenvalue weighted by Crippen LogP contribution is -2.32. The van der Waals surface area contributed by atoms with E-state index < -0.39 is 12.0 Å². The number of carbonyl (C=O) groups excluding carboxylic acids is 1. The number of rotatable bonds is 4. The molecule has 0 saturated carbocycles. The van der Waals surface area contributed by atoms with E-state index in [4.69, 9.17) is 4.42 Å². The number of fused-ring (bicyclic) bond motifs is 1. The molecule has 1 unspecified atom stereocenters. The number of benzene rings is 3. The highest BCUT2D eigenvalue weighted by molar-refractivity contribution is 6.19. The summed E-state index contributed by atoms with van der Waals surface area (Å²) in [5.74, 6) is -0.862. The van der Waals surface area contributed by atoms with Crippen LogP contribution in [0.15, 0.2) is 88.3 Å². The van der Waals surface area contributed by atoms with Crippen molar-refractivity contribution in [2.45, 2.75) is 6.17 Å². The topological polar surface area (TPSA) is 92.4 Å². The molecule has 0 radical (unpaired) electrons. The minimum atomic E-state index is -1.03. The summed E-state index contributed by atoms with van der Waals surface area (Å²) in [4.78, 5) is 17.5. The van der Waals surface area contributed by atoms with Gasteiger partial charge in [0.05, 0.1) is 17.0 Å². The predicted molar refractivity (Wildman–Crippen MR) is 114 cm³/mol. The molecule has 0 fully saturated rings. The summed E-state index contributed by atoms with van der Waals surface area (Å²) in [5, 5.41) is 13.5. The van der Waals surface area contributed by atoms with Crippen molar-refractivity contribution < 1.29 is 13.6 Å². The van der Waals surface area contributed by atoms with Gasteiger partial charge in [-0.15, -0.1) is 5.10 Å². The van der Waals surface area contributed by atoms with E-state index in [-0.39, 0.29) is 23.4 Å². The second kappa shape index (κ2) is 7.83. The lowest BCUT2D eigenvalue weighted by molar-refractivity contribution is -0.116. The van der Waals surface area contributed by atoms with Crippen molar-refractivity contribution >= 4 is 23.3 Å². The van der Waals surface area contributed by atoms with Crippen molar-refractivity contribution in [3.05, 3.63) is 95.8 Å². The fourth-order valence-corrected chi connectivity index (χ4v) is 3.32. The number of halogens is 1. The molecule has 0 aliphatic carbocycles. The standard InChI is InChI=1S/C23H16FN5O2/c24-17-12-6-4-10-15(17)22-28-29-23(31-22)27-20-21(30)25-18-13-7-5-11-16(18)19(26-20)14-8-2-1-3-9-14/h1-13,20H,(H,25,30)(H,27,29). The third-order valence-electron chi connectivity index (χ3n) is 4.78. The van der Waals surface area contributed by atoms with Gasteiger partial charge in [0.1, 0.15) is 5.82 Å². The van der Waals surface area contributed by atoms with Crippen LogP contribution in [0.2, 0.25) is 0 Å². The van der Waals surface area contributed by atoms with Gasteiger partial charge < -0.3 is 15.1 Å². The second-order valence-electron chi connectivity index (χ2n) is 6.82. The average molecular weight is 413 g/mol. The fourth-order valence-electron chi connectivity index (χ4n) is 3.32. The van der Waals surface area contributed by atoms with Gasteiger partial charge in [-0.3, -0.25) is 4.79 Å². The molecular formula is C23H16FN5O2. The first kappa shape index (κ1) is 18.7. The van der Waals surface area contributed by atoms with Gasteiger partial charge in [-0.25, -0.2) is 9.38 Å². The minimum absolute atomic E-state index is 0.00480. The Kier molecular flexibility index (Phi) is 4.72. The molecule has 8 heteroatoms. The first-order valence-corrected chi connectivity index (χ1v) is 9.57. The third-order valence-corrected chi connectivity index (χ3v) is 4.78. The second-order valence-corrected chi connectivity index (χ2v) is 6.82. The van der Waals surface area contributed by atoms with Crippen LogP contribution in [0.1, 0.15) is 11.1 Å². The minimum Gasteiger partial charge on any atom is -0.403 e. The zero-order valence-electron chi connectivity index (χ0n) is 16.1. The van der Waals surface area contributed by atoms with Crippen molar-refractivity contribution in [2.24, 2.45) is 4.99 Å². The van der Waals surface area contributed by atoms with Crippen molar-refractivity contribution in [1.82, 2.24) is 10.2 Å². The molecule has 31 heavy (non-hydrogen) atoms. The van der Waals surface area contributed by atoms with Crippen LogP contribution in [0.25, 0.3) is 11.5 Å². The normalized spacial score (nSPS) is 15.5. The van der Waals surface area contributed by atoms with Crippen LogP contribution < -0.4 is 10.6 Å². The summed E-state index contributed by atoms with van der Waals surface area (Å²) < 4.78 is 19.6. The molecule has 1 aliphatic rings. The lowest BCUT2D eigenvalue weighted by Gasteiger charge is -2.11. The number of amides is 1. The van der Waals surface area contributed by atoms with Crippen LogP contribution in [-0.4, -0.2) is 28.0 Å². The van der Waals surface area contributed by atoms with E-state index in [1.165, 1.54) is 12.1 Å². The van der Waals surface area contributed by atoms with Gasteiger partial charge in [-0.2, -0.15) is 0 Å². The molecule has 5 rings (SSSR count). The number of aliphatic imine (C=N–C) groups is 1. The number of nitrogens with one attached hydrogen (secondary N) is 2. The predicted octanol–water partition coefficient (Wildman–Crippen LogP) is 4.10. The molecule has 0 spiro atoms. The SMILES string of the molecule is O=C1Nc2ccccc2C(c2ccccc2)=NC1Nc1nnc(-c2ccccc2F)o1. The van der Waals surface area contributed by atoms with Crippen molar-refractivity contribution in [3.8, 4) is 11.5 Å². The largest absolute Gasteiger partial charge is 0.403 e. The van der Waals surface area contributed by atoms with Gasteiger partial charge >= 0.3 is 6.01 Å². The first-order chi connectivity index (χ1) is 15.2. The highest BCUT2D eigenvalue weighted by Crippen LogP contribution is 2.26. The Morgan fingerprint density at radius 3 is 2.39 bits per heavy atom. The number of benzodiazepines with no additional fused rings is 1. The molecule has 7 nitrogen and oxygen atoms in total. The van der Waals surface area contributed by atoms with Gasteiger partial charge in [0.25, 0.3) is 11.8 Å². The van der Waals surface area contributed by atoms with Crippen LogP contribution in [0, 0.1) is 5.82 Å². The molecule has 0 bridgehead atoms. The van der Waals surface area contributed by atoms with Crippen molar-refractivity contribution in [3.63, 3.8) is 0 Å². The number of nitrogens with zero attached hydrogens (tertiary/aromatic N) is 3. The van der Waals surface area contributed by atoms with E-state index in [1.54, 1.807) is 12.1 Å². The van der Waals surface area contributed by atoms with Crippen LogP contribution >= 0.6 is 0 Å². The van der Waals surface area contributed by atoms with E-state index in [0.717, 1.165) is 11.1 Å². The summed E-state index contributed by atoms with van der Waals surface area (Å²) in [7, 11) is 0. The zero-order chi connectivity index (χ0) is 21.2. The Morgan fingerprint density at radius 1 is 0.871 bits per heavy atom. The van der Waals surface area contributed by atoms with Crippen LogP contribution in [0.3, 0.4) is 0 Å².